The molecule has 1 aliphatic rings. The second-order valence-corrected chi connectivity index (χ2v) is 4.88. The molecule has 1 aromatic heterocycles. The van der Waals surface area contributed by atoms with Crippen molar-refractivity contribution in [3.63, 3.8) is 0 Å². The third-order valence-electron chi connectivity index (χ3n) is 3.38. The Morgan fingerprint density at radius 1 is 1.40 bits per heavy atom. The maximum atomic E-state index is 11.7. The van der Waals surface area contributed by atoms with E-state index in [0.717, 1.165) is 32.0 Å². The first-order chi connectivity index (χ1) is 9.75. The summed E-state index contributed by atoms with van der Waals surface area (Å²) in [6.45, 7) is 6.60. The van der Waals surface area contributed by atoms with E-state index in [1.54, 1.807) is 6.20 Å². The first-order valence-electron chi connectivity index (χ1n) is 6.99. The van der Waals surface area contributed by atoms with E-state index in [0.29, 0.717) is 19.1 Å². The van der Waals surface area contributed by atoms with Crippen molar-refractivity contribution in [3.05, 3.63) is 30.1 Å². The van der Waals surface area contributed by atoms with Crippen LogP contribution in [0.15, 0.2) is 24.4 Å². The Bertz CT molecular complexity index is 407. The van der Waals surface area contributed by atoms with Crippen LogP contribution in [0, 0.1) is 0 Å². The summed E-state index contributed by atoms with van der Waals surface area (Å²) in [6, 6.07) is 5.81. The van der Waals surface area contributed by atoms with Crippen molar-refractivity contribution in [1.82, 2.24) is 20.5 Å². The minimum Gasteiger partial charge on any atom is -0.379 e. The molecule has 20 heavy (non-hydrogen) atoms. The molecule has 0 radical (unpaired) electrons. The van der Waals surface area contributed by atoms with E-state index in [2.05, 4.69) is 27.4 Å². The molecule has 1 fully saturated rings. The topological polar surface area (TPSA) is 66.5 Å². The van der Waals surface area contributed by atoms with Gasteiger partial charge in [0, 0.05) is 31.9 Å². The van der Waals surface area contributed by atoms with Crippen molar-refractivity contribution < 1.29 is 9.53 Å². The van der Waals surface area contributed by atoms with Crippen LogP contribution in [0.5, 0.6) is 0 Å². The van der Waals surface area contributed by atoms with E-state index in [9.17, 15) is 4.79 Å². The SMILES string of the molecule is CC(CNC(=O)NCc1ccccn1)N1CCOCC1. The number of morpholine rings is 1. The Labute approximate surface area is 119 Å². The number of nitrogens with zero attached hydrogens (tertiary/aromatic N) is 2. The Hall–Kier alpha value is -1.66. The molecule has 6 heteroatoms. The highest BCUT2D eigenvalue weighted by molar-refractivity contribution is 5.73. The van der Waals surface area contributed by atoms with Crippen LogP contribution < -0.4 is 10.6 Å². The molecule has 0 aromatic carbocycles. The summed E-state index contributed by atoms with van der Waals surface area (Å²) in [5, 5.41) is 5.69. The second-order valence-electron chi connectivity index (χ2n) is 4.88. The summed E-state index contributed by atoms with van der Waals surface area (Å²) in [6.07, 6.45) is 1.72. The Morgan fingerprint density at radius 3 is 2.90 bits per heavy atom. The zero-order chi connectivity index (χ0) is 14.2. The number of amides is 2. The third kappa shape index (κ3) is 4.79. The number of carbonyl (C=O) groups is 1. The monoisotopic (exact) mass is 278 g/mol. The fourth-order valence-electron chi connectivity index (χ4n) is 2.12. The van der Waals surface area contributed by atoms with Gasteiger partial charge in [-0.15, -0.1) is 0 Å². The van der Waals surface area contributed by atoms with Crippen molar-refractivity contribution in [3.8, 4) is 0 Å². The lowest BCUT2D eigenvalue weighted by Gasteiger charge is -2.32. The predicted octanol–water partition coefficient (Wildman–Crippen LogP) is 0.602. The first-order valence-corrected chi connectivity index (χ1v) is 6.99. The summed E-state index contributed by atoms with van der Waals surface area (Å²) in [5.74, 6) is 0. The highest BCUT2D eigenvalue weighted by Gasteiger charge is 2.17. The number of nitrogens with one attached hydrogen (secondary N) is 2. The average molecular weight is 278 g/mol. The van der Waals surface area contributed by atoms with Crippen molar-refractivity contribution in [2.24, 2.45) is 0 Å². The third-order valence-corrected chi connectivity index (χ3v) is 3.38. The highest BCUT2D eigenvalue weighted by Crippen LogP contribution is 2.02. The molecular formula is C14H22N4O2. The zero-order valence-corrected chi connectivity index (χ0v) is 11.8. The summed E-state index contributed by atoms with van der Waals surface area (Å²) >= 11 is 0. The van der Waals surface area contributed by atoms with E-state index < -0.39 is 0 Å². The van der Waals surface area contributed by atoms with Crippen molar-refractivity contribution in [2.45, 2.75) is 19.5 Å². The molecule has 2 amide bonds. The van der Waals surface area contributed by atoms with Gasteiger partial charge in [0.05, 0.1) is 25.5 Å². The number of aromatic nitrogens is 1. The Morgan fingerprint density at radius 2 is 2.20 bits per heavy atom. The van der Waals surface area contributed by atoms with Crippen molar-refractivity contribution in [1.29, 1.82) is 0 Å². The number of rotatable bonds is 5. The van der Waals surface area contributed by atoms with E-state index in [-0.39, 0.29) is 6.03 Å². The molecule has 110 valence electrons. The van der Waals surface area contributed by atoms with Crippen LogP contribution in [0.2, 0.25) is 0 Å². The van der Waals surface area contributed by atoms with Gasteiger partial charge < -0.3 is 15.4 Å². The van der Waals surface area contributed by atoms with E-state index in [4.69, 9.17) is 4.74 Å². The lowest BCUT2D eigenvalue weighted by atomic mass is 10.2. The van der Waals surface area contributed by atoms with Gasteiger partial charge in [0.25, 0.3) is 0 Å². The molecule has 2 rings (SSSR count). The highest BCUT2D eigenvalue weighted by atomic mass is 16.5. The van der Waals surface area contributed by atoms with Gasteiger partial charge in [0.2, 0.25) is 0 Å². The smallest absolute Gasteiger partial charge is 0.315 e. The molecule has 1 unspecified atom stereocenters. The molecule has 0 spiro atoms. The molecule has 1 aromatic rings. The van der Waals surface area contributed by atoms with Crippen LogP contribution in [0.4, 0.5) is 4.79 Å². The maximum Gasteiger partial charge on any atom is 0.315 e. The number of urea groups is 1. The quantitative estimate of drug-likeness (QED) is 0.828. The van der Waals surface area contributed by atoms with Gasteiger partial charge in [0.1, 0.15) is 0 Å². The second kappa shape index (κ2) is 7.81. The number of hydrogen-bond acceptors (Lipinski definition) is 4. The molecule has 0 aliphatic carbocycles. The van der Waals surface area contributed by atoms with Gasteiger partial charge in [-0.3, -0.25) is 9.88 Å². The van der Waals surface area contributed by atoms with Gasteiger partial charge in [-0.25, -0.2) is 4.79 Å². The molecule has 0 bridgehead atoms. The molecule has 1 aliphatic heterocycles. The largest absolute Gasteiger partial charge is 0.379 e. The minimum absolute atomic E-state index is 0.157. The van der Waals surface area contributed by atoms with Gasteiger partial charge >= 0.3 is 6.03 Å². The van der Waals surface area contributed by atoms with Crippen LogP contribution in [0.3, 0.4) is 0 Å². The van der Waals surface area contributed by atoms with Crippen LogP contribution in [-0.4, -0.2) is 54.8 Å². The molecule has 1 saturated heterocycles. The predicted molar refractivity (Wildman–Crippen MR) is 76.3 cm³/mol. The Balaban J connectivity index is 1.64. The normalized spacial score (nSPS) is 17.4. The summed E-state index contributed by atoms with van der Waals surface area (Å²) < 4.78 is 5.31. The first kappa shape index (κ1) is 14.7. The summed E-state index contributed by atoms with van der Waals surface area (Å²) in [7, 11) is 0. The van der Waals surface area contributed by atoms with Crippen molar-refractivity contribution >= 4 is 6.03 Å². The van der Waals surface area contributed by atoms with Gasteiger partial charge in [-0.1, -0.05) is 6.07 Å². The van der Waals surface area contributed by atoms with Gasteiger partial charge in [0.15, 0.2) is 0 Å². The lowest BCUT2D eigenvalue weighted by Crippen LogP contribution is -2.48. The van der Waals surface area contributed by atoms with Crippen LogP contribution in [0.1, 0.15) is 12.6 Å². The molecule has 2 N–H and O–H groups in total. The van der Waals surface area contributed by atoms with Crippen LogP contribution in [-0.2, 0) is 11.3 Å². The van der Waals surface area contributed by atoms with Crippen LogP contribution >= 0.6 is 0 Å². The van der Waals surface area contributed by atoms with Crippen LogP contribution in [0.25, 0.3) is 0 Å². The minimum atomic E-state index is -0.157. The molecule has 0 saturated carbocycles. The van der Waals surface area contributed by atoms with E-state index >= 15 is 0 Å². The number of pyridine rings is 1. The fourth-order valence-corrected chi connectivity index (χ4v) is 2.12. The molecule has 2 heterocycles. The standard InChI is InChI=1S/C14H22N4O2/c1-12(18-6-8-20-9-7-18)10-16-14(19)17-11-13-4-2-3-5-15-13/h2-5,12H,6-11H2,1H3,(H2,16,17,19). The fraction of sp³-hybridized carbons (Fsp3) is 0.571. The van der Waals surface area contributed by atoms with Gasteiger partial charge in [-0.05, 0) is 19.1 Å². The lowest BCUT2D eigenvalue weighted by molar-refractivity contribution is 0.0209. The molecule has 6 nitrogen and oxygen atoms in total. The Kier molecular flexibility index (Phi) is 5.76. The number of carbonyl (C=O) groups excluding carboxylic acids is 1. The summed E-state index contributed by atoms with van der Waals surface area (Å²) in [4.78, 5) is 18.2. The number of ether oxygens (including phenoxy) is 1. The van der Waals surface area contributed by atoms with E-state index in [1.165, 1.54) is 0 Å². The summed E-state index contributed by atoms with van der Waals surface area (Å²) in [5.41, 5.74) is 0.851. The zero-order valence-electron chi connectivity index (χ0n) is 11.8. The maximum absolute atomic E-state index is 11.7. The van der Waals surface area contributed by atoms with Gasteiger partial charge in [-0.2, -0.15) is 0 Å². The number of hydrogen-bond donors (Lipinski definition) is 2. The molecular weight excluding hydrogens is 256 g/mol. The van der Waals surface area contributed by atoms with E-state index in [1.807, 2.05) is 18.2 Å². The van der Waals surface area contributed by atoms with Crippen molar-refractivity contribution in [2.75, 3.05) is 32.8 Å². The molecule has 1 atom stereocenters. The average Bonchev–Trinajstić information content (AvgIpc) is 2.52.